The van der Waals surface area contributed by atoms with Gasteiger partial charge in [0.05, 0.1) is 12.6 Å². The van der Waals surface area contributed by atoms with Crippen molar-refractivity contribution in [3.8, 4) is 5.75 Å². The first kappa shape index (κ1) is 13.7. The second-order valence-corrected chi connectivity index (χ2v) is 7.95. The van der Waals surface area contributed by atoms with Crippen LogP contribution < -0.4 is 4.74 Å². The van der Waals surface area contributed by atoms with E-state index in [1.807, 2.05) is 24.3 Å². The molecule has 108 valence electrons. The molecular weight excluding hydrogens is 302 g/mol. The molecule has 0 radical (unpaired) electrons. The maximum absolute atomic E-state index is 12.1. The van der Waals surface area contributed by atoms with Crippen molar-refractivity contribution in [1.82, 2.24) is 4.90 Å². The first-order chi connectivity index (χ1) is 9.47. The number of rotatable bonds is 2. The van der Waals surface area contributed by atoms with Crippen LogP contribution in [0, 0.1) is 0 Å². The normalized spacial score (nSPS) is 26.2. The van der Waals surface area contributed by atoms with E-state index in [1.54, 1.807) is 4.90 Å². The number of carbonyl (C=O) groups is 1. The van der Waals surface area contributed by atoms with E-state index < -0.39 is 14.3 Å². The van der Waals surface area contributed by atoms with Gasteiger partial charge in [0.25, 0.3) is 0 Å². The lowest BCUT2D eigenvalue weighted by Crippen LogP contribution is -2.34. The van der Waals surface area contributed by atoms with E-state index >= 15 is 0 Å². The van der Waals surface area contributed by atoms with E-state index in [1.165, 1.54) is 0 Å². The predicted octanol–water partition coefficient (Wildman–Crippen LogP) is 1.68. The van der Waals surface area contributed by atoms with Gasteiger partial charge in [0.2, 0.25) is 15.0 Å². The lowest BCUT2D eigenvalue weighted by Gasteiger charge is -2.33. The number of likely N-dealkylation sites (tertiary alicyclic amines) is 1. The van der Waals surface area contributed by atoms with Gasteiger partial charge in [0.1, 0.15) is 11.0 Å². The monoisotopic (exact) mass is 315 g/mol. The van der Waals surface area contributed by atoms with Crippen LogP contribution in [0.15, 0.2) is 24.3 Å². The molecule has 3 rings (SSSR count). The topological polar surface area (TPSA) is 63.7 Å². The summed E-state index contributed by atoms with van der Waals surface area (Å²) in [5, 5.41) is -0.813. The lowest BCUT2D eigenvalue weighted by molar-refractivity contribution is -0.130. The van der Waals surface area contributed by atoms with Crippen LogP contribution in [-0.2, 0) is 13.8 Å². The summed E-state index contributed by atoms with van der Waals surface area (Å²) < 4.78 is 28.4. The van der Waals surface area contributed by atoms with Crippen LogP contribution in [-0.4, -0.2) is 37.6 Å². The van der Waals surface area contributed by atoms with E-state index in [0.29, 0.717) is 13.0 Å². The Labute approximate surface area is 121 Å². The van der Waals surface area contributed by atoms with Gasteiger partial charge in [-0.1, -0.05) is 18.2 Å². The molecule has 2 unspecified atom stereocenters. The maximum atomic E-state index is 12.1. The molecule has 2 atom stereocenters. The SMILES string of the molecule is O=C1CC(S(=O)(=O)Cl)CN1C1CCOc2ccccc21. The van der Waals surface area contributed by atoms with E-state index in [2.05, 4.69) is 0 Å². The Hall–Kier alpha value is -1.27. The average Bonchev–Trinajstić information content (AvgIpc) is 2.80. The van der Waals surface area contributed by atoms with Crippen molar-refractivity contribution in [2.75, 3.05) is 13.2 Å². The van der Waals surface area contributed by atoms with Gasteiger partial charge in [-0.25, -0.2) is 8.42 Å². The molecule has 2 aliphatic heterocycles. The van der Waals surface area contributed by atoms with E-state index in [9.17, 15) is 13.2 Å². The Bertz CT molecular complexity index is 646. The molecule has 1 aromatic rings. The van der Waals surface area contributed by atoms with Crippen molar-refractivity contribution in [2.24, 2.45) is 0 Å². The minimum absolute atomic E-state index is 0.0364. The molecule has 1 aromatic carbocycles. The molecule has 20 heavy (non-hydrogen) atoms. The summed E-state index contributed by atoms with van der Waals surface area (Å²) >= 11 is 0. The van der Waals surface area contributed by atoms with Crippen LogP contribution in [0.2, 0.25) is 0 Å². The third-order valence-electron chi connectivity index (χ3n) is 3.82. The van der Waals surface area contributed by atoms with Gasteiger partial charge in [0, 0.05) is 35.6 Å². The molecule has 5 nitrogen and oxygen atoms in total. The van der Waals surface area contributed by atoms with Gasteiger partial charge in [-0.05, 0) is 6.07 Å². The Kier molecular flexibility index (Phi) is 3.38. The number of fused-ring (bicyclic) bond motifs is 1. The molecular formula is C13H14ClNO4S. The second kappa shape index (κ2) is 4.93. The van der Waals surface area contributed by atoms with Crippen LogP contribution in [0.5, 0.6) is 5.75 Å². The highest BCUT2D eigenvalue weighted by molar-refractivity contribution is 8.14. The van der Waals surface area contributed by atoms with Crippen LogP contribution in [0.25, 0.3) is 0 Å². The van der Waals surface area contributed by atoms with Crippen molar-refractivity contribution >= 4 is 25.6 Å². The van der Waals surface area contributed by atoms with Crippen LogP contribution in [0.3, 0.4) is 0 Å². The minimum Gasteiger partial charge on any atom is -0.493 e. The summed E-state index contributed by atoms with van der Waals surface area (Å²) in [6, 6.07) is 7.40. The molecule has 0 N–H and O–H groups in total. The Morgan fingerprint density at radius 3 is 2.75 bits per heavy atom. The fourth-order valence-corrected chi connectivity index (χ4v) is 3.87. The van der Waals surface area contributed by atoms with E-state index in [0.717, 1.165) is 11.3 Å². The zero-order valence-corrected chi connectivity index (χ0v) is 12.2. The summed E-state index contributed by atoms with van der Waals surface area (Å²) in [4.78, 5) is 13.7. The second-order valence-electron chi connectivity index (χ2n) is 5.04. The third-order valence-corrected chi connectivity index (χ3v) is 5.69. The van der Waals surface area contributed by atoms with Gasteiger partial charge >= 0.3 is 0 Å². The number of para-hydroxylation sites is 1. The summed E-state index contributed by atoms with van der Waals surface area (Å²) in [5.74, 6) is 0.592. The molecule has 7 heteroatoms. The quantitative estimate of drug-likeness (QED) is 0.779. The smallest absolute Gasteiger partial charge is 0.237 e. The molecule has 0 aliphatic carbocycles. The Morgan fingerprint density at radius 1 is 1.30 bits per heavy atom. The molecule has 0 spiro atoms. The number of benzene rings is 1. The number of amides is 1. The van der Waals surface area contributed by atoms with Crippen LogP contribution in [0.1, 0.15) is 24.4 Å². The van der Waals surface area contributed by atoms with Gasteiger partial charge in [-0.15, -0.1) is 0 Å². The van der Waals surface area contributed by atoms with Gasteiger partial charge in [-0.3, -0.25) is 4.79 Å². The zero-order chi connectivity index (χ0) is 14.3. The fraction of sp³-hybridized carbons (Fsp3) is 0.462. The average molecular weight is 316 g/mol. The van der Waals surface area contributed by atoms with E-state index in [4.69, 9.17) is 15.4 Å². The fourth-order valence-electron chi connectivity index (χ4n) is 2.83. The number of carbonyl (C=O) groups excluding carboxylic acids is 1. The first-order valence-corrected chi connectivity index (χ1v) is 8.79. The standard InChI is InChI=1S/C13H14ClNO4S/c14-20(17,18)9-7-13(16)15(8-9)11-5-6-19-12-4-2-1-3-10(11)12/h1-4,9,11H,5-8H2. The summed E-state index contributed by atoms with van der Waals surface area (Å²) in [6.07, 6.45) is 0.628. The molecule has 0 saturated carbocycles. The molecule has 2 heterocycles. The van der Waals surface area contributed by atoms with Crippen molar-refractivity contribution in [2.45, 2.75) is 24.1 Å². The molecule has 0 bridgehead atoms. The van der Waals surface area contributed by atoms with Crippen LogP contribution in [0.4, 0.5) is 0 Å². The number of nitrogens with zero attached hydrogens (tertiary/aromatic N) is 1. The van der Waals surface area contributed by atoms with Crippen LogP contribution >= 0.6 is 10.7 Å². The third kappa shape index (κ3) is 2.38. The highest BCUT2D eigenvalue weighted by Gasteiger charge is 2.41. The predicted molar refractivity (Wildman–Crippen MR) is 74.2 cm³/mol. The van der Waals surface area contributed by atoms with Crippen molar-refractivity contribution < 1.29 is 17.9 Å². The largest absolute Gasteiger partial charge is 0.493 e. The van der Waals surface area contributed by atoms with Crippen molar-refractivity contribution in [3.63, 3.8) is 0 Å². The highest BCUT2D eigenvalue weighted by atomic mass is 35.7. The number of ether oxygens (including phenoxy) is 1. The molecule has 1 saturated heterocycles. The Balaban J connectivity index is 1.90. The summed E-state index contributed by atoms with van der Waals surface area (Å²) in [6.45, 7) is 0.674. The van der Waals surface area contributed by atoms with Gasteiger partial charge in [-0.2, -0.15) is 0 Å². The molecule has 1 amide bonds. The van der Waals surface area contributed by atoms with Gasteiger partial charge < -0.3 is 9.64 Å². The summed E-state index contributed by atoms with van der Waals surface area (Å²) in [5.41, 5.74) is 0.930. The molecule has 1 fully saturated rings. The zero-order valence-electron chi connectivity index (χ0n) is 10.7. The van der Waals surface area contributed by atoms with Gasteiger partial charge in [0.15, 0.2) is 0 Å². The number of halogens is 1. The molecule has 2 aliphatic rings. The molecule has 0 aromatic heterocycles. The maximum Gasteiger partial charge on any atom is 0.237 e. The lowest BCUT2D eigenvalue weighted by atomic mass is 9.99. The summed E-state index contributed by atoms with van der Waals surface area (Å²) in [7, 11) is 1.67. The van der Waals surface area contributed by atoms with E-state index in [-0.39, 0.29) is 24.9 Å². The van der Waals surface area contributed by atoms with Crippen molar-refractivity contribution in [3.05, 3.63) is 29.8 Å². The minimum atomic E-state index is -3.71. The number of hydrogen-bond acceptors (Lipinski definition) is 4. The Morgan fingerprint density at radius 2 is 2.05 bits per heavy atom. The highest BCUT2D eigenvalue weighted by Crippen LogP contribution is 2.38. The number of hydrogen-bond donors (Lipinski definition) is 0. The first-order valence-electron chi connectivity index (χ1n) is 6.41. The van der Waals surface area contributed by atoms with Crippen molar-refractivity contribution in [1.29, 1.82) is 0 Å².